The number of halogens is 2. The summed E-state index contributed by atoms with van der Waals surface area (Å²) in [4.78, 5) is 4.40. The van der Waals surface area contributed by atoms with Crippen molar-refractivity contribution in [3.8, 4) is 0 Å². The Labute approximate surface area is 123 Å². The number of nitrogens with one attached hydrogen (secondary N) is 1. The molecule has 0 radical (unpaired) electrons. The van der Waals surface area contributed by atoms with E-state index in [-0.39, 0.29) is 6.04 Å². The van der Waals surface area contributed by atoms with Gasteiger partial charge in [0, 0.05) is 29.5 Å². The molecule has 102 valence electrons. The molecule has 3 nitrogen and oxygen atoms in total. The minimum atomic E-state index is 0.0994. The van der Waals surface area contributed by atoms with Crippen molar-refractivity contribution in [1.82, 2.24) is 14.9 Å². The first-order valence-corrected chi connectivity index (χ1v) is 7.02. The normalized spacial score (nSPS) is 12.6. The lowest BCUT2D eigenvalue weighted by atomic mass is 10.0. The van der Waals surface area contributed by atoms with Gasteiger partial charge in [-0.25, -0.2) is 4.98 Å². The van der Waals surface area contributed by atoms with Gasteiger partial charge in [-0.05, 0) is 30.7 Å². The van der Waals surface area contributed by atoms with Gasteiger partial charge in [0.05, 0.1) is 6.04 Å². The van der Waals surface area contributed by atoms with Crippen molar-refractivity contribution in [2.24, 2.45) is 7.05 Å². The highest BCUT2D eigenvalue weighted by molar-refractivity contribution is 6.36. The van der Waals surface area contributed by atoms with E-state index in [9.17, 15) is 0 Å². The highest BCUT2D eigenvalue weighted by Gasteiger charge is 2.18. The number of hydrogen-bond acceptors (Lipinski definition) is 2. The number of aromatic nitrogens is 2. The maximum atomic E-state index is 6.24. The number of likely N-dealkylation sites (N-methyl/N-ethyl adjacent to an activating group) is 1. The second kappa shape index (κ2) is 6.42. The minimum Gasteiger partial charge on any atom is -0.337 e. The number of benzene rings is 1. The molecule has 1 heterocycles. The first kappa shape index (κ1) is 14.4. The van der Waals surface area contributed by atoms with Gasteiger partial charge in [-0.1, -0.05) is 36.2 Å². The Morgan fingerprint density at radius 2 is 2.00 bits per heavy atom. The maximum Gasteiger partial charge on any atom is 0.125 e. The molecule has 1 aromatic carbocycles. The van der Waals surface area contributed by atoms with E-state index >= 15 is 0 Å². The summed E-state index contributed by atoms with van der Waals surface area (Å²) < 4.78 is 2.01. The molecule has 0 bridgehead atoms. The second-order valence-electron chi connectivity index (χ2n) is 4.41. The average molecular weight is 298 g/mol. The predicted octanol–water partition coefficient (Wildman–Crippen LogP) is 3.62. The summed E-state index contributed by atoms with van der Waals surface area (Å²) in [5.41, 5.74) is 0.958. The lowest BCUT2D eigenvalue weighted by Crippen LogP contribution is -2.25. The minimum absolute atomic E-state index is 0.0994. The Balaban J connectivity index is 2.29. The Hall–Kier alpha value is -1.03. The van der Waals surface area contributed by atoms with Crippen molar-refractivity contribution in [2.75, 3.05) is 6.54 Å². The number of imidazole rings is 1. The van der Waals surface area contributed by atoms with Crippen molar-refractivity contribution in [3.05, 3.63) is 52.0 Å². The van der Waals surface area contributed by atoms with E-state index in [2.05, 4.69) is 17.2 Å². The van der Waals surface area contributed by atoms with Crippen LogP contribution in [-0.2, 0) is 13.5 Å². The monoisotopic (exact) mass is 297 g/mol. The van der Waals surface area contributed by atoms with Gasteiger partial charge in [-0.15, -0.1) is 0 Å². The first-order chi connectivity index (χ1) is 9.13. The number of rotatable bonds is 5. The van der Waals surface area contributed by atoms with Crippen LogP contribution in [-0.4, -0.2) is 16.1 Å². The largest absolute Gasteiger partial charge is 0.337 e. The molecule has 1 N–H and O–H groups in total. The maximum absolute atomic E-state index is 6.24. The summed E-state index contributed by atoms with van der Waals surface area (Å²) >= 11 is 12.5. The van der Waals surface area contributed by atoms with Gasteiger partial charge < -0.3 is 9.88 Å². The fraction of sp³-hybridized carbons (Fsp3) is 0.357. The number of aryl methyl sites for hydroxylation is 1. The third-order valence-corrected chi connectivity index (χ3v) is 3.80. The first-order valence-electron chi connectivity index (χ1n) is 6.27. The summed E-state index contributed by atoms with van der Waals surface area (Å²) in [7, 11) is 1.99. The van der Waals surface area contributed by atoms with Crippen LogP contribution in [0.25, 0.3) is 0 Å². The summed E-state index contributed by atoms with van der Waals surface area (Å²) in [6, 6.07) is 5.69. The smallest absolute Gasteiger partial charge is 0.125 e. The van der Waals surface area contributed by atoms with Crippen molar-refractivity contribution < 1.29 is 0 Å². The fourth-order valence-corrected chi connectivity index (χ4v) is 2.70. The lowest BCUT2D eigenvalue weighted by molar-refractivity contribution is 0.507. The van der Waals surface area contributed by atoms with Crippen molar-refractivity contribution in [3.63, 3.8) is 0 Å². The SMILES string of the molecule is CCNC(Cc1c(Cl)cccc1Cl)c1nccn1C. The Morgan fingerprint density at radius 1 is 1.32 bits per heavy atom. The molecule has 0 aliphatic carbocycles. The molecule has 0 spiro atoms. The van der Waals surface area contributed by atoms with Crippen LogP contribution in [0.2, 0.25) is 10.0 Å². The molecule has 0 amide bonds. The molecule has 0 aliphatic rings. The molecule has 19 heavy (non-hydrogen) atoms. The summed E-state index contributed by atoms with van der Waals surface area (Å²) in [6.07, 6.45) is 4.46. The average Bonchev–Trinajstić information content (AvgIpc) is 2.79. The zero-order valence-corrected chi connectivity index (χ0v) is 12.5. The van der Waals surface area contributed by atoms with Gasteiger partial charge in [0.2, 0.25) is 0 Å². The zero-order chi connectivity index (χ0) is 13.8. The lowest BCUT2D eigenvalue weighted by Gasteiger charge is -2.19. The van der Waals surface area contributed by atoms with Crippen molar-refractivity contribution >= 4 is 23.2 Å². The molecule has 1 unspecified atom stereocenters. The van der Waals surface area contributed by atoms with E-state index in [4.69, 9.17) is 23.2 Å². The van der Waals surface area contributed by atoms with Gasteiger partial charge >= 0.3 is 0 Å². The van der Waals surface area contributed by atoms with Crippen LogP contribution in [0.4, 0.5) is 0 Å². The predicted molar refractivity (Wildman–Crippen MR) is 79.8 cm³/mol. The van der Waals surface area contributed by atoms with Crippen LogP contribution in [0.15, 0.2) is 30.6 Å². The standard InChI is InChI=1S/C14H17Cl2N3/c1-3-17-13(14-18-7-8-19(14)2)9-10-11(15)5-4-6-12(10)16/h4-8,13,17H,3,9H2,1-2H3. The van der Waals surface area contributed by atoms with Gasteiger partial charge in [0.15, 0.2) is 0 Å². The second-order valence-corrected chi connectivity index (χ2v) is 5.23. The van der Waals surface area contributed by atoms with Gasteiger partial charge in [0.1, 0.15) is 5.82 Å². The van der Waals surface area contributed by atoms with Crippen molar-refractivity contribution in [2.45, 2.75) is 19.4 Å². The summed E-state index contributed by atoms with van der Waals surface area (Å²) in [5, 5.41) is 4.83. The van der Waals surface area contributed by atoms with Crippen LogP contribution in [0, 0.1) is 0 Å². The van der Waals surface area contributed by atoms with Crippen LogP contribution in [0.5, 0.6) is 0 Å². The van der Waals surface area contributed by atoms with Gasteiger partial charge in [-0.2, -0.15) is 0 Å². The Morgan fingerprint density at radius 3 is 2.53 bits per heavy atom. The third-order valence-electron chi connectivity index (χ3n) is 3.09. The number of hydrogen-bond donors (Lipinski definition) is 1. The van der Waals surface area contributed by atoms with Gasteiger partial charge in [0.25, 0.3) is 0 Å². The molecular formula is C14H17Cl2N3. The summed E-state index contributed by atoms with van der Waals surface area (Å²) in [6.45, 7) is 2.93. The molecule has 5 heteroatoms. The Bertz CT molecular complexity index is 531. The van der Waals surface area contributed by atoms with Crippen LogP contribution < -0.4 is 5.32 Å². The van der Waals surface area contributed by atoms with E-state index < -0.39 is 0 Å². The van der Waals surface area contributed by atoms with Crippen LogP contribution in [0.1, 0.15) is 24.4 Å². The highest BCUT2D eigenvalue weighted by atomic mass is 35.5. The van der Waals surface area contributed by atoms with E-state index in [1.165, 1.54) is 0 Å². The van der Waals surface area contributed by atoms with E-state index in [1.54, 1.807) is 6.20 Å². The van der Waals surface area contributed by atoms with E-state index in [0.29, 0.717) is 10.0 Å². The van der Waals surface area contributed by atoms with Gasteiger partial charge in [-0.3, -0.25) is 0 Å². The van der Waals surface area contributed by atoms with E-state index in [1.807, 2.05) is 36.0 Å². The molecule has 1 atom stereocenters. The molecule has 2 aromatic rings. The fourth-order valence-electron chi connectivity index (χ4n) is 2.15. The molecule has 0 aliphatic heterocycles. The highest BCUT2D eigenvalue weighted by Crippen LogP contribution is 2.28. The van der Waals surface area contributed by atoms with Crippen LogP contribution >= 0.6 is 23.2 Å². The third kappa shape index (κ3) is 3.30. The van der Waals surface area contributed by atoms with Crippen molar-refractivity contribution in [1.29, 1.82) is 0 Å². The molecule has 0 saturated carbocycles. The molecule has 0 saturated heterocycles. The molecule has 2 rings (SSSR count). The van der Waals surface area contributed by atoms with Crippen LogP contribution in [0.3, 0.4) is 0 Å². The topological polar surface area (TPSA) is 29.9 Å². The summed E-state index contributed by atoms with van der Waals surface area (Å²) in [5.74, 6) is 0.984. The quantitative estimate of drug-likeness (QED) is 0.913. The zero-order valence-electron chi connectivity index (χ0n) is 11.0. The number of nitrogens with zero attached hydrogens (tertiary/aromatic N) is 2. The molecule has 1 aromatic heterocycles. The van der Waals surface area contributed by atoms with E-state index in [0.717, 1.165) is 24.4 Å². The Kier molecular flexibility index (Phi) is 4.86. The molecule has 0 fully saturated rings. The molecular weight excluding hydrogens is 281 g/mol.